The van der Waals surface area contributed by atoms with E-state index >= 15 is 0 Å². The lowest BCUT2D eigenvalue weighted by molar-refractivity contribution is 0.612. The lowest BCUT2D eigenvalue weighted by Crippen LogP contribution is -2.03. The van der Waals surface area contributed by atoms with E-state index in [9.17, 15) is 0 Å². The Morgan fingerprint density at radius 2 is 1.83 bits per heavy atom. The van der Waals surface area contributed by atoms with Gasteiger partial charge < -0.3 is 4.57 Å². The van der Waals surface area contributed by atoms with Crippen LogP contribution in [0.5, 0.6) is 0 Å². The molecule has 0 bridgehead atoms. The van der Waals surface area contributed by atoms with Gasteiger partial charge in [-0.05, 0) is 49.5 Å². The fourth-order valence-corrected chi connectivity index (χ4v) is 2.29. The third-order valence-electron chi connectivity index (χ3n) is 3.62. The van der Waals surface area contributed by atoms with E-state index in [2.05, 4.69) is 66.1 Å². The minimum atomic E-state index is 0.917. The summed E-state index contributed by atoms with van der Waals surface area (Å²) in [6.45, 7) is 3.38. The Labute approximate surface area is 109 Å². The number of hydrogen-bond acceptors (Lipinski definition) is 0. The monoisotopic (exact) mass is 237 g/mol. The zero-order chi connectivity index (χ0) is 12.4. The van der Waals surface area contributed by atoms with Crippen molar-refractivity contribution in [3.8, 4) is 0 Å². The van der Waals surface area contributed by atoms with Crippen LogP contribution < -0.4 is 0 Å². The highest BCUT2D eigenvalue weighted by Crippen LogP contribution is 2.32. The first-order chi connectivity index (χ1) is 8.83. The van der Waals surface area contributed by atoms with E-state index in [1.165, 1.54) is 36.3 Å². The van der Waals surface area contributed by atoms with Crippen molar-refractivity contribution in [2.24, 2.45) is 5.92 Å². The molecule has 0 spiro atoms. The van der Waals surface area contributed by atoms with Crippen LogP contribution in [-0.4, -0.2) is 4.57 Å². The first-order valence-corrected chi connectivity index (χ1v) is 6.72. The van der Waals surface area contributed by atoms with Crippen LogP contribution in [0.4, 0.5) is 0 Å². The predicted molar refractivity (Wildman–Crippen MR) is 77.3 cm³/mol. The Kier molecular flexibility index (Phi) is 3.06. The van der Waals surface area contributed by atoms with Gasteiger partial charge in [-0.15, -0.1) is 0 Å². The molecule has 1 fully saturated rings. The molecule has 1 aliphatic carbocycles. The summed E-state index contributed by atoms with van der Waals surface area (Å²) in [4.78, 5) is 0. The lowest BCUT2D eigenvalue weighted by atomic mass is 10.2. The Hall–Kier alpha value is -1.76. The molecule has 0 atom stereocenters. The van der Waals surface area contributed by atoms with Crippen molar-refractivity contribution in [3.63, 3.8) is 0 Å². The summed E-state index contributed by atoms with van der Waals surface area (Å²) in [7, 11) is 0. The second-order valence-corrected chi connectivity index (χ2v) is 5.20. The van der Waals surface area contributed by atoms with Crippen LogP contribution in [0.3, 0.4) is 0 Å². The van der Waals surface area contributed by atoms with Gasteiger partial charge in [0, 0.05) is 17.9 Å². The Morgan fingerprint density at radius 3 is 2.56 bits per heavy atom. The molecule has 0 amide bonds. The Bertz CT molecular complexity index is 544. The van der Waals surface area contributed by atoms with Crippen LogP contribution in [-0.2, 0) is 6.54 Å². The zero-order valence-corrected chi connectivity index (χ0v) is 10.8. The van der Waals surface area contributed by atoms with E-state index in [4.69, 9.17) is 0 Å². The number of rotatable bonds is 4. The topological polar surface area (TPSA) is 4.93 Å². The average molecular weight is 237 g/mol. The van der Waals surface area contributed by atoms with Crippen LogP contribution in [0, 0.1) is 12.8 Å². The fraction of sp³-hybridized carbons (Fsp3) is 0.294. The predicted octanol–water partition coefficient (Wildman–Crippen LogP) is 4.38. The Balaban J connectivity index is 1.81. The SMILES string of the molecule is Cc1ccc(/C=C/c2ccccc2)n1CC1CC1. The molecule has 1 heteroatoms. The number of aromatic nitrogens is 1. The van der Waals surface area contributed by atoms with E-state index in [1.54, 1.807) is 0 Å². The van der Waals surface area contributed by atoms with Gasteiger partial charge in [-0.3, -0.25) is 0 Å². The fourth-order valence-electron chi connectivity index (χ4n) is 2.29. The van der Waals surface area contributed by atoms with Crippen LogP contribution >= 0.6 is 0 Å². The summed E-state index contributed by atoms with van der Waals surface area (Å²) in [6.07, 6.45) is 7.22. The summed E-state index contributed by atoms with van der Waals surface area (Å²) < 4.78 is 2.44. The summed E-state index contributed by atoms with van der Waals surface area (Å²) in [5.74, 6) is 0.917. The molecule has 1 heterocycles. The van der Waals surface area contributed by atoms with Gasteiger partial charge in [0.2, 0.25) is 0 Å². The minimum Gasteiger partial charge on any atom is -0.345 e. The van der Waals surface area contributed by atoms with Crippen LogP contribution in [0.2, 0.25) is 0 Å². The maximum absolute atomic E-state index is 2.44. The molecule has 1 nitrogen and oxygen atoms in total. The second-order valence-electron chi connectivity index (χ2n) is 5.20. The molecular weight excluding hydrogens is 218 g/mol. The highest BCUT2D eigenvalue weighted by molar-refractivity contribution is 5.68. The van der Waals surface area contributed by atoms with Crippen LogP contribution in [0.15, 0.2) is 42.5 Å². The third-order valence-corrected chi connectivity index (χ3v) is 3.62. The number of nitrogens with zero attached hydrogens (tertiary/aromatic N) is 1. The second kappa shape index (κ2) is 4.85. The van der Waals surface area contributed by atoms with Gasteiger partial charge in [-0.25, -0.2) is 0 Å². The largest absolute Gasteiger partial charge is 0.345 e. The Morgan fingerprint density at radius 1 is 1.06 bits per heavy atom. The van der Waals surface area contributed by atoms with Gasteiger partial charge in [0.05, 0.1) is 0 Å². The van der Waals surface area contributed by atoms with Crippen LogP contribution in [0.1, 0.15) is 29.8 Å². The first-order valence-electron chi connectivity index (χ1n) is 6.72. The summed E-state index contributed by atoms with van der Waals surface area (Å²) in [5, 5.41) is 0. The molecule has 0 aliphatic heterocycles. The van der Waals surface area contributed by atoms with Crippen molar-refractivity contribution in [2.75, 3.05) is 0 Å². The lowest BCUT2D eigenvalue weighted by Gasteiger charge is -2.08. The van der Waals surface area contributed by atoms with Crippen molar-refractivity contribution < 1.29 is 0 Å². The first kappa shape index (κ1) is 11.3. The maximum Gasteiger partial charge on any atom is 0.0409 e. The smallest absolute Gasteiger partial charge is 0.0409 e. The highest BCUT2D eigenvalue weighted by atomic mass is 15.0. The van der Waals surface area contributed by atoms with E-state index < -0.39 is 0 Å². The van der Waals surface area contributed by atoms with Gasteiger partial charge in [0.25, 0.3) is 0 Å². The molecule has 18 heavy (non-hydrogen) atoms. The normalized spacial score (nSPS) is 15.4. The molecule has 1 aliphatic rings. The highest BCUT2D eigenvalue weighted by Gasteiger charge is 2.22. The van der Waals surface area contributed by atoms with E-state index in [0.29, 0.717) is 0 Å². The van der Waals surface area contributed by atoms with Gasteiger partial charge in [0.15, 0.2) is 0 Å². The molecule has 0 unspecified atom stereocenters. The summed E-state index contributed by atoms with van der Waals surface area (Å²) in [5.41, 5.74) is 3.95. The van der Waals surface area contributed by atoms with Crippen molar-refractivity contribution in [1.29, 1.82) is 0 Å². The third kappa shape index (κ3) is 2.56. The van der Waals surface area contributed by atoms with Gasteiger partial charge >= 0.3 is 0 Å². The molecule has 1 aromatic carbocycles. The number of benzene rings is 1. The molecule has 2 aromatic rings. The minimum absolute atomic E-state index is 0.917. The maximum atomic E-state index is 2.44. The molecular formula is C17H19N. The molecule has 1 saturated carbocycles. The quantitative estimate of drug-likeness (QED) is 0.743. The van der Waals surface area contributed by atoms with Gasteiger partial charge in [-0.2, -0.15) is 0 Å². The number of aryl methyl sites for hydroxylation is 1. The molecule has 0 saturated heterocycles. The summed E-state index contributed by atoms with van der Waals surface area (Å²) in [6, 6.07) is 14.9. The summed E-state index contributed by atoms with van der Waals surface area (Å²) >= 11 is 0. The van der Waals surface area contributed by atoms with Crippen molar-refractivity contribution in [1.82, 2.24) is 4.57 Å². The average Bonchev–Trinajstić information content (AvgIpc) is 3.15. The zero-order valence-electron chi connectivity index (χ0n) is 10.8. The van der Waals surface area contributed by atoms with E-state index in [-0.39, 0.29) is 0 Å². The van der Waals surface area contributed by atoms with Crippen molar-refractivity contribution in [2.45, 2.75) is 26.3 Å². The molecule has 0 radical (unpaired) electrons. The number of hydrogen-bond donors (Lipinski definition) is 0. The molecule has 3 rings (SSSR count). The van der Waals surface area contributed by atoms with Gasteiger partial charge in [0.1, 0.15) is 0 Å². The van der Waals surface area contributed by atoms with Gasteiger partial charge in [-0.1, -0.05) is 36.4 Å². The van der Waals surface area contributed by atoms with Crippen molar-refractivity contribution >= 4 is 12.2 Å². The van der Waals surface area contributed by atoms with Crippen LogP contribution in [0.25, 0.3) is 12.2 Å². The van der Waals surface area contributed by atoms with E-state index in [0.717, 1.165) is 5.92 Å². The standard InChI is InChI=1S/C17H19N/c1-14-7-11-17(18(14)13-16-8-9-16)12-10-15-5-3-2-4-6-15/h2-7,10-12,16H,8-9,13H2,1H3/b12-10+. The molecule has 0 N–H and O–H groups in total. The van der Waals surface area contributed by atoms with Crippen molar-refractivity contribution in [3.05, 3.63) is 59.4 Å². The molecule has 92 valence electrons. The molecule has 1 aromatic heterocycles. The van der Waals surface area contributed by atoms with E-state index in [1.807, 2.05) is 0 Å².